The van der Waals surface area contributed by atoms with E-state index in [0.29, 0.717) is 36.1 Å². The SMILES string of the molecule is CC[C@H](C)Oc1ccc(NC(=O)C2(c3ccc(Cl)cc3Cl)CCOCC2)cc1C. The van der Waals surface area contributed by atoms with Crippen molar-refractivity contribution in [3.05, 3.63) is 57.6 Å². The van der Waals surface area contributed by atoms with Gasteiger partial charge in [-0.2, -0.15) is 0 Å². The fourth-order valence-electron chi connectivity index (χ4n) is 3.63. The van der Waals surface area contributed by atoms with E-state index in [0.717, 1.165) is 29.0 Å². The van der Waals surface area contributed by atoms with E-state index in [1.165, 1.54) is 0 Å². The predicted octanol–water partition coefficient (Wildman–Crippen LogP) is 6.17. The summed E-state index contributed by atoms with van der Waals surface area (Å²) in [5.74, 6) is 0.749. The van der Waals surface area contributed by atoms with Crippen molar-refractivity contribution >= 4 is 34.8 Å². The second kappa shape index (κ2) is 9.38. The van der Waals surface area contributed by atoms with E-state index in [4.69, 9.17) is 32.7 Å². The number of halogens is 2. The van der Waals surface area contributed by atoms with Crippen molar-refractivity contribution < 1.29 is 14.3 Å². The number of aryl methyl sites for hydroxylation is 1. The molecular formula is C23H27Cl2NO3. The molecule has 1 fully saturated rings. The van der Waals surface area contributed by atoms with Gasteiger partial charge in [-0.25, -0.2) is 0 Å². The fraction of sp³-hybridized carbons (Fsp3) is 0.435. The molecule has 29 heavy (non-hydrogen) atoms. The maximum absolute atomic E-state index is 13.5. The minimum Gasteiger partial charge on any atom is -0.490 e. The van der Waals surface area contributed by atoms with Crippen LogP contribution in [-0.2, 0) is 14.9 Å². The first-order valence-corrected chi connectivity index (χ1v) is 10.7. The number of carbonyl (C=O) groups is 1. The smallest absolute Gasteiger partial charge is 0.235 e. The zero-order valence-electron chi connectivity index (χ0n) is 17.1. The number of ether oxygens (including phenoxy) is 2. The molecule has 0 aromatic heterocycles. The molecule has 1 amide bonds. The van der Waals surface area contributed by atoms with Crippen LogP contribution in [0.5, 0.6) is 5.75 Å². The second-order valence-electron chi connectivity index (χ2n) is 7.59. The minimum absolute atomic E-state index is 0.0833. The van der Waals surface area contributed by atoms with E-state index < -0.39 is 5.41 Å². The van der Waals surface area contributed by atoms with Gasteiger partial charge in [-0.15, -0.1) is 0 Å². The van der Waals surface area contributed by atoms with E-state index in [9.17, 15) is 4.79 Å². The maximum Gasteiger partial charge on any atom is 0.235 e. The highest BCUT2D eigenvalue weighted by molar-refractivity contribution is 6.35. The van der Waals surface area contributed by atoms with Gasteiger partial charge in [0.05, 0.1) is 11.5 Å². The minimum atomic E-state index is -0.750. The molecule has 4 nitrogen and oxygen atoms in total. The average Bonchev–Trinajstić information content (AvgIpc) is 2.70. The fourth-order valence-corrected chi connectivity index (χ4v) is 4.22. The highest BCUT2D eigenvalue weighted by atomic mass is 35.5. The van der Waals surface area contributed by atoms with Gasteiger partial charge in [-0.3, -0.25) is 4.79 Å². The van der Waals surface area contributed by atoms with Gasteiger partial charge in [0.2, 0.25) is 5.91 Å². The standard InChI is InChI=1S/C23H27Cl2NO3/c1-4-16(3)29-21-8-6-18(13-15(21)2)26-22(27)23(9-11-28-12-10-23)19-7-5-17(24)14-20(19)25/h5-8,13-14,16H,4,9-12H2,1-3H3,(H,26,27)/t16-/m0/s1. The number of amides is 1. The van der Waals surface area contributed by atoms with Crippen molar-refractivity contribution in [2.24, 2.45) is 0 Å². The molecule has 0 spiro atoms. The Morgan fingerprint density at radius 3 is 2.55 bits per heavy atom. The molecule has 0 aliphatic carbocycles. The molecule has 1 aliphatic heterocycles. The summed E-state index contributed by atoms with van der Waals surface area (Å²) in [6.45, 7) is 7.12. The van der Waals surface area contributed by atoms with Crippen molar-refractivity contribution in [1.29, 1.82) is 0 Å². The Morgan fingerprint density at radius 2 is 1.93 bits per heavy atom. The summed E-state index contributed by atoms with van der Waals surface area (Å²) in [5, 5.41) is 4.14. The van der Waals surface area contributed by atoms with E-state index in [2.05, 4.69) is 12.2 Å². The summed E-state index contributed by atoms with van der Waals surface area (Å²) < 4.78 is 11.5. The van der Waals surface area contributed by atoms with Crippen molar-refractivity contribution in [2.45, 2.75) is 51.6 Å². The number of hydrogen-bond donors (Lipinski definition) is 1. The third-order valence-electron chi connectivity index (χ3n) is 5.56. The van der Waals surface area contributed by atoms with Crippen molar-refractivity contribution in [1.82, 2.24) is 0 Å². The van der Waals surface area contributed by atoms with Gasteiger partial charge in [0, 0.05) is 28.9 Å². The van der Waals surface area contributed by atoms with Crippen molar-refractivity contribution in [2.75, 3.05) is 18.5 Å². The van der Waals surface area contributed by atoms with Crippen LogP contribution in [-0.4, -0.2) is 25.2 Å². The van der Waals surface area contributed by atoms with E-state index >= 15 is 0 Å². The summed E-state index contributed by atoms with van der Waals surface area (Å²) in [7, 11) is 0. The van der Waals surface area contributed by atoms with Crippen LogP contribution in [0.15, 0.2) is 36.4 Å². The lowest BCUT2D eigenvalue weighted by molar-refractivity contribution is -0.125. The molecule has 3 rings (SSSR count). The molecule has 1 aliphatic rings. The van der Waals surface area contributed by atoms with Crippen LogP contribution >= 0.6 is 23.2 Å². The highest BCUT2D eigenvalue weighted by Crippen LogP contribution is 2.40. The van der Waals surface area contributed by atoms with Crippen LogP contribution in [0.4, 0.5) is 5.69 Å². The number of benzene rings is 2. The lowest BCUT2D eigenvalue weighted by Gasteiger charge is -2.37. The van der Waals surface area contributed by atoms with Gasteiger partial charge >= 0.3 is 0 Å². The summed E-state index contributed by atoms with van der Waals surface area (Å²) >= 11 is 12.6. The number of anilines is 1. The largest absolute Gasteiger partial charge is 0.490 e. The lowest BCUT2D eigenvalue weighted by atomic mass is 9.73. The summed E-state index contributed by atoms with van der Waals surface area (Å²) in [5.41, 5.74) is 1.76. The molecule has 0 bridgehead atoms. The topological polar surface area (TPSA) is 47.6 Å². The van der Waals surface area contributed by atoms with Crippen LogP contribution < -0.4 is 10.1 Å². The van der Waals surface area contributed by atoms with Gasteiger partial charge in [-0.05, 0) is 74.6 Å². The monoisotopic (exact) mass is 435 g/mol. The Labute approximate surface area is 182 Å². The molecule has 2 aromatic carbocycles. The molecular weight excluding hydrogens is 409 g/mol. The molecule has 2 aromatic rings. The van der Waals surface area contributed by atoms with Crippen LogP contribution in [0.2, 0.25) is 10.0 Å². The predicted molar refractivity (Wildman–Crippen MR) is 118 cm³/mol. The summed E-state index contributed by atoms with van der Waals surface area (Å²) in [6.07, 6.45) is 2.21. The first-order valence-electron chi connectivity index (χ1n) is 9.98. The zero-order valence-corrected chi connectivity index (χ0v) is 18.6. The summed E-state index contributed by atoms with van der Waals surface area (Å²) in [6, 6.07) is 11.0. The van der Waals surface area contributed by atoms with E-state index in [1.807, 2.05) is 38.1 Å². The third-order valence-corrected chi connectivity index (χ3v) is 6.11. The Morgan fingerprint density at radius 1 is 1.21 bits per heavy atom. The molecule has 1 atom stereocenters. The van der Waals surface area contributed by atoms with Gasteiger partial charge in [0.15, 0.2) is 0 Å². The number of rotatable bonds is 6. The van der Waals surface area contributed by atoms with Crippen LogP contribution in [0.1, 0.15) is 44.2 Å². The Balaban J connectivity index is 1.87. The highest BCUT2D eigenvalue weighted by Gasteiger charge is 2.43. The number of nitrogens with one attached hydrogen (secondary N) is 1. The van der Waals surface area contributed by atoms with Gasteiger partial charge in [0.25, 0.3) is 0 Å². The number of hydrogen-bond acceptors (Lipinski definition) is 3. The average molecular weight is 436 g/mol. The molecule has 1 N–H and O–H groups in total. The quantitative estimate of drug-likeness (QED) is 0.590. The first kappa shape index (κ1) is 21.9. The molecule has 1 heterocycles. The van der Waals surface area contributed by atoms with E-state index in [-0.39, 0.29) is 12.0 Å². The molecule has 0 unspecified atom stereocenters. The van der Waals surface area contributed by atoms with Crippen molar-refractivity contribution in [3.63, 3.8) is 0 Å². The zero-order chi connectivity index (χ0) is 21.0. The Kier molecular flexibility index (Phi) is 7.10. The second-order valence-corrected chi connectivity index (χ2v) is 8.43. The molecule has 0 radical (unpaired) electrons. The Hall–Kier alpha value is -1.75. The molecule has 156 valence electrons. The third kappa shape index (κ3) is 4.88. The van der Waals surface area contributed by atoms with Crippen LogP contribution in [0.3, 0.4) is 0 Å². The summed E-state index contributed by atoms with van der Waals surface area (Å²) in [4.78, 5) is 13.5. The normalized spacial score (nSPS) is 16.9. The van der Waals surface area contributed by atoms with Gasteiger partial charge in [0.1, 0.15) is 5.75 Å². The molecule has 0 saturated carbocycles. The first-order chi connectivity index (χ1) is 13.9. The van der Waals surface area contributed by atoms with Crippen molar-refractivity contribution in [3.8, 4) is 5.75 Å². The van der Waals surface area contributed by atoms with Crippen LogP contribution in [0, 0.1) is 6.92 Å². The van der Waals surface area contributed by atoms with Gasteiger partial charge < -0.3 is 14.8 Å². The van der Waals surface area contributed by atoms with Gasteiger partial charge in [-0.1, -0.05) is 36.2 Å². The molecule has 1 saturated heterocycles. The van der Waals surface area contributed by atoms with E-state index in [1.54, 1.807) is 12.1 Å². The maximum atomic E-state index is 13.5. The lowest BCUT2D eigenvalue weighted by Crippen LogP contribution is -2.45. The number of carbonyl (C=O) groups excluding carboxylic acids is 1. The van der Waals surface area contributed by atoms with Crippen LogP contribution in [0.25, 0.3) is 0 Å². The Bertz CT molecular complexity index is 878. The molecule has 6 heteroatoms.